The maximum atomic E-state index is 5.86. The van der Waals surface area contributed by atoms with Crippen LogP contribution in [0.25, 0.3) is 0 Å². The molecule has 0 atom stereocenters. The van der Waals surface area contributed by atoms with E-state index < -0.39 is 0 Å². The Balaban J connectivity index is 2.14. The minimum Gasteiger partial charge on any atom is -0.494 e. The summed E-state index contributed by atoms with van der Waals surface area (Å²) in [5.74, 6) is 2.16. The molecule has 0 bridgehead atoms. The Labute approximate surface area is 119 Å². The van der Waals surface area contributed by atoms with Gasteiger partial charge in [0, 0.05) is 24.4 Å². The molecule has 0 saturated heterocycles. The number of pyridine rings is 1. The molecule has 0 fully saturated rings. The Hall–Kier alpha value is -2.07. The smallest absolute Gasteiger partial charge is 0.223 e. The Morgan fingerprint density at radius 1 is 1.10 bits per heavy atom. The van der Waals surface area contributed by atoms with Gasteiger partial charge in [-0.1, -0.05) is 19.1 Å². The number of hydrogen-bond donors (Lipinski definition) is 1. The molecule has 4 nitrogen and oxygen atoms in total. The van der Waals surface area contributed by atoms with Crippen LogP contribution in [0, 0.1) is 0 Å². The lowest BCUT2D eigenvalue weighted by atomic mass is 10.2. The molecule has 0 spiro atoms. The van der Waals surface area contributed by atoms with Crippen LogP contribution in [0.2, 0.25) is 0 Å². The highest BCUT2D eigenvalue weighted by Crippen LogP contribution is 2.26. The molecule has 1 aromatic heterocycles. The van der Waals surface area contributed by atoms with Gasteiger partial charge in [0.15, 0.2) is 0 Å². The number of ether oxygens (including phenoxy) is 2. The van der Waals surface area contributed by atoms with Gasteiger partial charge >= 0.3 is 0 Å². The third-order valence-electron chi connectivity index (χ3n) is 2.75. The zero-order valence-corrected chi connectivity index (χ0v) is 11.9. The summed E-state index contributed by atoms with van der Waals surface area (Å²) in [4.78, 5) is 4.30. The van der Waals surface area contributed by atoms with Gasteiger partial charge in [0.1, 0.15) is 11.5 Å². The summed E-state index contributed by atoms with van der Waals surface area (Å²) >= 11 is 0. The van der Waals surface area contributed by atoms with E-state index in [0.29, 0.717) is 12.5 Å². The second-order valence-corrected chi connectivity index (χ2v) is 4.26. The van der Waals surface area contributed by atoms with E-state index in [1.165, 1.54) is 0 Å². The van der Waals surface area contributed by atoms with Crippen LogP contribution in [-0.4, -0.2) is 18.1 Å². The van der Waals surface area contributed by atoms with Gasteiger partial charge in [-0.3, -0.25) is 0 Å². The van der Waals surface area contributed by atoms with Gasteiger partial charge in [-0.05, 0) is 31.7 Å². The first-order chi connectivity index (χ1) is 9.83. The van der Waals surface area contributed by atoms with Crippen molar-refractivity contribution in [2.45, 2.75) is 20.4 Å². The number of aromatic nitrogens is 1. The number of hydrogen-bond acceptors (Lipinski definition) is 4. The molecule has 2 aromatic rings. The van der Waals surface area contributed by atoms with E-state index in [0.717, 1.165) is 30.2 Å². The van der Waals surface area contributed by atoms with Gasteiger partial charge in [-0.15, -0.1) is 0 Å². The maximum Gasteiger partial charge on any atom is 0.223 e. The average molecular weight is 272 g/mol. The zero-order chi connectivity index (χ0) is 14.2. The van der Waals surface area contributed by atoms with Crippen molar-refractivity contribution >= 4 is 0 Å². The fourth-order valence-electron chi connectivity index (χ4n) is 1.82. The number of benzene rings is 1. The van der Waals surface area contributed by atoms with Crippen LogP contribution in [0.1, 0.15) is 19.4 Å². The first-order valence-corrected chi connectivity index (χ1v) is 6.88. The molecule has 20 heavy (non-hydrogen) atoms. The van der Waals surface area contributed by atoms with Gasteiger partial charge in [-0.2, -0.15) is 0 Å². The highest BCUT2D eigenvalue weighted by atomic mass is 16.5. The quantitative estimate of drug-likeness (QED) is 0.839. The first-order valence-electron chi connectivity index (χ1n) is 6.88. The minimum absolute atomic E-state index is 0.627. The van der Waals surface area contributed by atoms with Gasteiger partial charge in [-0.25, -0.2) is 4.98 Å². The van der Waals surface area contributed by atoms with Crippen molar-refractivity contribution in [2.75, 3.05) is 13.2 Å². The van der Waals surface area contributed by atoms with E-state index >= 15 is 0 Å². The van der Waals surface area contributed by atoms with Crippen molar-refractivity contribution < 1.29 is 9.47 Å². The van der Waals surface area contributed by atoms with Crippen LogP contribution in [-0.2, 0) is 6.54 Å². The molecule has 0 saturated carbocycles. The zero-order valence-electron chi connectivity index (χ0n) is 11.9. The standard InChI is InChI=1S/C16H20N2O2/c1-3-17-12-13-7-6-10-18-16(13)20-15-9-5-8-14(11-15)19-4-2/h5-11,17H,3-4,12H2,1-2H3. The Morgan fingerprint density at radius 2 is 1.95 bits per heavy atom. The van der Waals surface area contributed by atoms with Crippen LogP contribution in [0.4, 0.5) is 0 Å². The molecular weight excluding hydrogens is 252 g/mol. The minimum atomic E-state index is 0.627. The summed E-state index contributed by atoms with van der Waals surface area (Å²) < 4.78 is 11.3. The van der Waals surface area contributed by atoms with Crippen molar-refractivity contribution in [3.63, 3.8) is 0 Å². The lowest BCUT2D eigenvalue weighted by Crippen LogP contribution is -2.12. The summed E-state index contributed by atoms with van der Waals surface area (Å²) in [5.41, 5.74) is 1.04. The van der Waals surface area contributed by atoms with Gasteiger partial charge < -0.3 is 14.8 Å². The van der Waals surface area contributed by atoms with Crippen LogP contribution >= 0.6 is 0 Å². The van der Waals surface area contributed by atoms with E-state index in [2.05, 4.69) is 17.2 Å². The molecule has 1 N–H and O–H groups in total. The van der Waals surface area contributed by atoms with Crippen molar-refractivity contribution in [3.05, 3.63) is 48.2 Å². The third kappa shape index (κ3) is 3.96. The molecule has 0 radical (unpaired) electrons. The SMILES string of the molecule is CCNCc1cccnc1Oc1cccc(OCC)c1. The summed E-state index contributed by atoms with van der Waals surface area (Å²) in [6.45, 7) is 6.32. The maximum absolute atomic E-state index is 5.86. The van der Waals surface area contributed by atoms with Crippen LogP contribution in [0.5, 0.6) is 17.4 Å². The van der Waals surface area contributed by atoms with E-state index in [-0.39, 0.29) is 0 Å². The van der Waals surface area contributed by atoms with Crippen molar-refractivity contribution in [2.24, 2.45) is 0 Å². The van der Waals surface area contributed by atoms with Crippen molar-refractivity contribution in [3.8, 4) is 17.4 Å². The third-order valence-corrected chi connectivity index (χ3v) is 2.75. The monoisotopic (exact) mass is 272 g/mol. The summed E-state index contributed by atoms with van der Waals surface area (Å²) in [7, 11) is 0. The summed E-state index contributed by atoms with van der Waals surface area (Å²) in [5, 5.41) is 3.28. The van der Waals surface area contributed by atoms with Crippen molar-refractivity contribution in [1.82, 2.24) is 10.3 Å². The van der Waals surface area contributed by atoms with E-state index in [4.69, 9.17) is 9.47 Å². The van der Waals surface area contributed by atoms with E-state index in [9.17, 15) is 0 Å². The molecule has 2 rings (SSSR count). The molecule has 0 aliphatic heterocycles. The van der Waals surface area contributed by atoms with E-state index in [1.807, 2.05) is 43.3 Å². The van der Waals surface area contributed by atoms with Gasteiger partial charge in [0.25, 0.3) is 0 Å². The Kier molecular flexibility index (Phi) is 5.38. The molecule has 0 amide bonds. The highest BCUT2D eigenvalue weighted by molar-refractivity contribution is 5.37. The lowest BCUT2D eigenvalue weighted by molar-refractivity contribution is 0.337. The predicted octanol–water partition coefficient (Wildman–Crippen LogP) is 3.38. The predicted molar refractivity (Wildman–Crippen MR) is 79.3 cm³/mol. The fourth-order valence-corrected chi connectivity index (χ4v) is 1.82. The second-order valence-electron chi connectivity index (χ2n) is 4.26. The molecule has 1 heterocycles. The molecule has 0 aliphatic carbocycles. The fraction of sp³-hybridized carbons (Fsp3) is 0.312. The largest absolute Gasteiger partial charge is 0.494 e. The molecule has 4 heteroatoms. The molecular formula is C16H20N2O2. The molecule has 1 aromatic carbocycles. The van der Waals surface area contributed by atoms with Gasteiger partial charge in [0.05, 0.1) is 6.61 Å². The van der Waals surface area contributed by atoms with E-state index in [1.54, 1.807) is 6.20 Å². The number of nitrogens with zero attached hydrogens (tertiary/aromatic N) is 1. The number of nitrogens with one attached hydrogen (secondary N) is 1. The van der Waals surface area contributed by atoms with Crippen molar-refractivity contribution in [1.29, 1.82) is 0 Å². The molecule has 0 unspecified atom stereocenters. The summed E-state index contributed by atoms with van der Waals surface area (Å²) in [6, 6.07) is 11.5. The first kappa shape index (κ1) is 14.3. The van der Waals surface area contributed by atoms with Gasteiger partial charge in [0.2, 0.25) is 5.88 Å². The topological polar surface area (TPSA) is 43.4 Å². The van der Waals surface area contributed by atoms with Crippen LogP contribution < -0.4 is 14.8 Å². The van der Waals surface area contributed by atoms with Crippen LogP contribution in [0.3, 0.4) is 0 Å². The number of rotatable bonds is 7. The summed E-state index contributed by atoms with van der Waals surface area (Å²) in [6.07, 6.45) is 1.73. The highest BCUT2D eigenvalue weighted by Gasteiger charge is 2.06. The van der Waals surface area contributed by atoms with Crippen LogP contribution in [0.15, 0.2) is 42.6 Å². The Bertz CT molecular complexity index is 544. The Morgan fingerprint density at radius 3 is 2.75 bits per heavy atom. The normalized spacial score (nSPS) is 10.3. The lowest BCUT2D eigenvalue weighted by Gasteiger charge is -2.11. The average Bonchev–Trinajstić information content (AvgIpc) is 2.47. The molecule has 0 aliphatic rings. The molecule has 106 valence electrons. The second kappa shape index (κ2) is 7.50.